The highest BCUT2D eigenvalue weighted by molar-refractivity contribution is 9.10. The van der Waals surface area contributed by atoms with E-state index in [1.807, 2.05) is 0 Å². The summed E-state index contributed by atoms with van der Waals surface area (Å²) in [5, 5.41) is 0. The predicted molar refractivity (Wildman–Crippen MR) is 42.3 cm³/mol. The Morgan fingerprint density at radius 2 is 2.33 bits per heavy atom. The Morgan fingerprint density at radius 1 is 1.67 bits per heavy atom. The van der Waals surface area contributed by atoms with E-state index in [0.29, 0.717) is 10.4 Å². The largest absolute Gasteiger partial charge is 0.447 e. The minimum absolute atomic E-state index is 0.278. The van der Waals surface area contributed by atoms with Gasteiger partial charge in [-0.2, -0.15) is 0 Å². The molecule has 0 aliphatic heterocycles. The molecule has 0 saturated carbocycles. The van der Waals surface area contributed by atoms with Crippen molar-refractivity contribution in [3.63, 3.8) is 0 Å². The summed E-state index contributed by atoms with van der Waals surface area (Å²) in [6, 6.07) is 3.46. The maximum Gasteiger partial charge on any atom is 0.170 e. The molecule has 0 aliphatic rings. The van der Waals surface area contributed by atoms with Gasteiger partial charge in [-0.1, -0.05) is 12.2 Å². The number of thiocarbonyl (C=S) groups is 1. The third kappa shape index (κ3) is 1.53. The van der Waals surface area contributed by atoms with Crippen molar-refractivity contribution in [2.24, 2.45) is 5.73 Å². The summed E-state index contributed by atoms with van der Waals surface area (Å²) < 4.78 is 5.64. The zero-order chi connectivity index (χ0) is 6.85. The van der Waals surface area contributed by atoms with E-state index in [-0.39, 0.29) is 4.99 Å². The van der Waals surface area contributed by atoms with E-state index in [4.69, 9.17) is 10.2 Å². The Kier molecular flexibility index (Phi) is 1.87. The van der Waals surface area contributed by atoms with Crippen molar-refractivity contribution >= 4 is 33.1 Å². The lowest BCUT2D eigenvalue weighted by Crippen LogP contribution is -2.07. The van der Waals surface area contributed by atoms with Gasteiger partial charge >= 0.3 is 0 Å². The van der Waals surface area contributed by atoms with Crippen molar-refractivity contribution in [2.75, 3.05) is 0 Å². The number of rotatable bonds is 1. The molecular weight excluding hydrogens is 202 g/mol. The van der Waals surface area contributed by atoms with E-state index >= 15 is 0 Å². The maximum absolute atomic E-state index is 5.24. The molecule has 0 radical (unpaired) electrons. The van der Waals surface area contributed by atoms with E-state index < -0.39 is 0 Å². The molecule has 2 nitrogen and oxygen atoms in total. The summed E-state index contributed by atoms with van der Waals surface area (Å²) in [6.45, 7) is 0. The first-order valence-electron chi connectivity index (χ1n) is 2.25. The number of hydrogen-bond donors (Lipinski definition) is 1. The van der Waals surface area contributed by atoms with Gasteiger partial charge in [0.05, 0.1) is 0 Å². The summed E-state index contributed by atoms with van der Waals surface area (Å²) in [5.41, 5.74) is 5.24. The molecule has 0 aromatic carbocycles. The van der Waals surface area contributed by atoms with Crippen LogP contribution < -0.4 is 5.73 Å². The molecule has 0 spiro atoms. The predicted octanol–water partition coefficient (Wildman–Crippen LogP) is 1.68. The van der Waals surface area contributed by atoms with Crippen molar-refractivity contribution < 1.29 is 4.42 Å². The Morgan fingerprint density at radius 3 is 2.56 bits per heavy atom. The van der Waals surface area contributed by atoms with Crippen LogP contribution in [0.4, 0.5) is 0 Å². The van der Waals surface area contributed by atoms with Crippen LogP contribution in [0, 0.1) is 0 Å². The van der Waals surface area contributed by atoms with E-state index in [2.05, 4.69) is 28.1 Å². The molecule has 1 rings (SSSR count). The number of furan rings is 1. The Labute approximate surface area is 66.2 Å². The SMILES string of the molecule is NC(=S)c1ccc(Br)o1. The molecule has 0 aliphatic carbocycles. The molecule has 0 atom stereocenters. The van der Waals surface area contributed by atoms with Gasteiger partial charge in [0, 0.05) is 0 Å². The molecular formula is C5H4BrNOS. The molecule has 0 fully saturated rings. The quantitative estimate of drug-likeness (QED) is 0.710. The fourth-order valence-corrected chi connectivity index (χ4v) is 0.863. The first-order chi connectivity index (χ1) is 4.20. The molecule has 9 heavy (non-hydrogen) atoms. The van der Waals surface area contributed by atoms with E-state index in [1.54, 1.807) is 12.1 Å². The van der Waals surface area contributed by atoms with Crippen LogP contribution in [0.25, 0.3) is 0 Å². The lowest BCUT2D eigenvalue weighted by Gasteiger charge is -1.86. The van der Waals surface area contributed by atoms with Crippen molar-refractivity contribution in [1.29, 1.82) is 0 Å². The zero-order valence-electron chi connectivity index (χ0n) is 4.43. The van der Waals surface area contributed by atoms with E-state index in [1.165, 1.54) is 0 Å². The van der Waals surface area contributed by atoms with Crippen LogP contribution in [0.2, 0.25) is 0 Å². The Balaban J connectivity index is 2.98. The number of nitrogens with two attached hydrogens (primary N) is 1. The third-order valence-corrected chi connectivity index (χ3v) is 1.44. The minimum Gasteiger partial charge on any atom is -0.447 e. The molecule has 2 N–H and O–H groups in total. The minimum atomic E-state index is 0.278. The van der Waals surface area contributed by atoms with Crippen LogP contribution in [0.15, 0.2) is 21.2 Å². The number of hydrogen-bond acceptors (Lipinski definition) is 2. The average molecular weight is 206 g/mol. The number of halogens is 1. The molecule has 0 saturated heterocycles. The van der Waals surface area contributed by atoms with Crippen LogP contribution >= 0.6 is 28.1 Å². The first kappa shape index (κ1) is 6.77. The standard InChI is InChI=1S/C5H4BrNOS/c6-4-2-1-3(8-4)5(7)9/h1-2H,(H2,7,9). The van der Waals surface area contributed by atoms with Gasteiger partial charge in [0.2, 0.25) is 0 Å². The fourth-order valence-electron chi connectivity index (χ4n) is 0.447. The maximum atomic E-state index is 5.24. The second-order valence-electron chi connectivity index (χ2n) is 1.47. The van der Waals surface area contributed by atoms with Gasteiger partial charge in [0.25, 0.3) is 0 Å². The second-order valence-corrected chi connectivity index (χ2v) is 2.69. The molecule has 0 amide bonds. The van der Waals surface area contributed by atoms with Crippen LogP contribution in [0.3, 0.4) is 0 Å². The Hall–Kier alpha value is -0.350. The van der Waals surface area contributed by atoms with Gasteiger partial charge in [-0.3, -0.25) is 0 Å². The molecule has 0 unspecified atom stereocenters. The molecule has 4 heteroatoms. The van der Waals surface area contributed by atoms with Crippen molar-refractivity contribution in [3.05, 3.63) is 22.6 Å². The third-order valence-electron chi connectivity index (χ3n) is 0.816. The second kappa shape index (κ2) is 2.49. The fraction of sp³-hybridized carbons (Fsp3) is 0. The molecule has 1 aromatic heterocycles. The average Bonchev–Trinajstić information content (AvgIpc) is 2.14. The van der Waals surface area contributed by atoms with Gasteiger partial charge in [-0.15, -0.1) is 0 Å². The summed E-state index contributed by atoms with van der Waals surface area (Å²) in [5.74, 6) is 0.539. The summed E-state index contributed by atoms with van der Waals surface area (Å²) in [7, 11) is 0. The van der Waals surface area contributed by atoms with Crippen LogP contribution in [0.5, 0.6) is 0 Å². The Bertz CT molecular complexity index is 233. The van der Waals surface area contributed by atoms with Gasteiger partial charge in [-0.05, 0) is 28.1 Å². The van der Waals surface area contributed by atoms with Crippen LogP contribution in [-0.2, 0) is 0 Å². The highest BCUT2D eigenvalue weighted by Crippen LogP contribution is 2.13. The van der Waals surface area contributed by atoms with Crippen molar-refractivity contribution in [2.45, 2.75) is 0 Å². The monoisotopic (exact) mass is 205 g/mol. The van der Waals surface area contributed by atoms with Crippen molar-refractivity contribution in [1.82, 2.24) is 0 Å². The highest BCUT2D eigenvalue weighted by atomic mass is 79.9. The van der Waals surface area contributed by atoms with Gasteiger partial charge in [0.1, 0.15) is 4.99 Å². The molecule has 1 heterocycles. The van der Waals surface area contributed by atoms with Crippen LogP contribution in [0.1, 0.15) is 5.76 Å². The first-order valence-corrected chi connectivity index (χ1v) is 3.45. The lowest BCUT2D eigenvalue weighted by molar-refractivity contribution is 0.533. The zero-order valence-corrected chi connectivity index (χ0v) is 6.83. The topological polar surface area (TPSA) is 39.2 Å². The normalized spacial score (nSPS) is 9.44. The summed E-state index contributed by atoms with van der Waals surface area (Å²) >= 11 is 7.76. The lowest BCUT2D eigenvalue weighted by atomic mass is 10.5. The van der Waals surface area contributed by atoms with Gasteiger partial charge < -0.3 is 10.2 Å². The molecule has 0 bridgehead atoms. The smallest absolute Gasteiger partial charge is 0.170 e. The molecule has 1 aromatic rings. The van der Waals surface area contributed by atoms with Crippen molar-refractivity contribution in [3.8, 4) is 0 Å². The molecule has 48 valence electrons. The van der Waals surface area contributed by atoms with E-state index in [0.717, 1.165) is 0 Å². The summed E-state index contributed by atoms with van der Waals surface area (Å²) in [4.78, 5) is 0.278. The van der Waals surface area contributed by atoms with Crippen LogP contribution in [-0.4, -0.2) is 4.99 Å². The van der Waals surface area contributed by atoms with Gasteiger partial charge in [-0.25, -0.2) is 0 Å². The summed E-state index contributed by atoms with van der Waals surface area (Å²) in [6.07, 6.45) is 0. The van der Waals surface area contributed by atoms with Gasteiger partial charge in [0.15, 0.2) is 10.4 Å². The highest BCUT2D eigenvalue weighted by Gasteiger charge is 1.99. The van der Waals surface area contributed by atoms with E-state index in [9.17, 15) is 0 Å².